The van der Waals surface area contributed by atoms with Gasteiger partial charge < -0.3 is 5.11 Å². The van der Waals surface area contributed by atoms with E-state index in [4.69, 9.17) is 15.1 Å². The van der Waals surface area contributed by atoms with Crippen molar-refractivity contribution in [3.8, 4) is 0 Å². The molecule has 3 heteroatoms. The monoisotopic (exact) mass is 163 g/mol. The van der Waals surface area contributed by atoms with Gasteiger partial charge in [-0.05, 0) is 20.6 Å². The number of aryl methyl sites for hydroxylation is 3. The summed E-state index contributed by atoms with van der Waals surface area (Å²) >= 11 is 0. The summed E-state index contributed by atoms with van der Waals surface area (Å²) in [6.07, 6.45) is 0. The Labute approximate surface area is 81.6 Å². The van der Waals surface area contributed by atoms with Gasteiger partial charge in [0, 0.05) is 12.3 Å². The maximum absolute atomic E-state index is 9.37. The number of rotatable bonds is 1. The van der Waals surface area contributed by atoms with Crippen LogP contribution in [0.2, 0.25) is 0 Å². The highest BCUT2D eigenvalue weighted by Gasteiger charge is 2.02. The van der Waals surface area contributed by atoms with Crippen molar-refractivity contribution in [3.63, 3.8) is 0 Å². The smallest absolute Gasteiger partial charge is 0.0873 e. The highest BCUT2D eigenvalue weighted by Crippen LogP contribution is 2.05. The first-order chi connectivity index (χ1) is 9.45. The lowest BCUT2D eigenvalue weighted by molar-refractivity contribution is 0.275. The molecule has 0 spiro atoms. The van der Waals surface area contributed by atoms with E-state index in [1.807, 2.05) is 0 Å². The molecule has 0 aliphatic carbocycles. The highest BCUT2D eigenvalue weighted by atomic mass is 16.3. The Kier molecular flexibility index (Phi) is 0.499. The van der Waals surface area contributed by atoms with E-state index in [2.05, 4.69) is 9.97 Å². The van der Waals surface area contributed by atoms with Crippen molar-refractivity contribution in [1.29, 1.82) is 0 Å². The molecule has 1 aromatic rings. The topological polar surface area (TPSA) is 46.0 Å². The Bertz CT molecular complexity index is 467. The SMILES string of the molecule is [2H]C([2H])([2H])c1nc(C([2H])([2H])[2H])c(C([2H])([2H])O)nc1C([2H])([2H])[2H]. The lowest BCUT2D eigenvalue weighted by Crippen LogP contribution is -2.01. The predicted molar refractivity (Wildman–Crippen MR) is 42.2 cm³/mol. The Morgan fingerprint density at radius 2 is 1.91 bits per heavy atom. The minimum atomic E-state index is -3.30. The lowest BCUT2D eigenvalue weighted by atomic mass is 10.3. The summed E-state index contributed by atoms with van der Waals surface area (Å²) in [6.45, 7) is -12.5. The second-order valence-corrected chi connectivity index (χ2v) is 1.73. The zero-order valence-electron chi connectivity index (χ0n) is 16.3. The number of hydrogen-bond acceptors (Lipinski definition) is 3. The highest BCUT2D eigenvalue weighted by molar-refractivity contribution is 5.16. The van der Waals surface area contributed by atoms with Gasteiger partial charge in [-0.25, -0.2) is 0 Å². The fourth-order valence-electron chi connectivity index (χ4n) is 0.513. The first-order valence-corrected chi connectivity index (χ1v) is 2.62. The van der Waals surface area contributed by atoms with Crippen molar-refractivity contribution in [2.24, 2.45) is 0 Å². The zero-order valence-corrected chi connectivity index (χ0v) is 5.34. The molecule has 0 radical (unpaired) electrons. The minimum absolute atomic E-state index is 1.06. The number of nitrogens with zero attached hydrogens (tertiary/aromatic N) is 2. The molecule has 0 bridgehead atoms. The fraction of sp³-hybridized carbons (Fsp3) is 0.500. The van der Waals surface area contributed by atoms with Crippen LogP contribution >= 0.6 is 0 Å². The molecule has 1 rings (SSSR count). The minimum Gasteiger partial charge on any atom is -0.390 e. The van der Waals surface area contributed by atoms with Gasteiger partial charge in [-0.2, -0.15) is 0 Å². The summed E-state index contributed by atoms with van der Waals surface area (Å²) < 4.78 is 79.6. The van der Waals surface area contributed by atoms with Gasteiger partial charge >= 0.3 is 0 Å². The van der Waals surface area contributed by atoms with Gasteiger partial charge in [0.05, 0.1) is 32.1 Å². The third kappa shape index (κ3) is 1.54. The zero-order chi connectivity index (χ0) is 17.7. The fourth-order valence-corrected chi connectivity index (χ4v) is 0.513. The molecular weight excluding hydrogens is 140 g/mol. The van der Waals surface area contributed by atoms with Crippen LogP contribution in [0.3, 0.4) is 0 Å². The van der Waals surface area contributed by atoms with Crippen molar-refractivity contribution in [2.75, 3.05) is 0 Å². The van der Waals surface area contributed by atoms with Gasteiger partial charge in [0.1, 0.15) is 0 Å². The van der Waals surface area contributed by atoms with E-state index >= 15 is 0 Å². The van der Waals surface area contributed by atoms with E-state index < -0.39 is 49.9 Å². The molecule has 1 aromatic heterocycles. The average Bonchev–Trinajstić information content (AvgIpc) is 2.22. The van der Waals surface area contributed by atoms with Crippen LogP contribution in [0.15, 0.2) is 0 Å². The van der Waals surface area contributed by atoms with Crippen molar-refractivity contribution in [3.05, 3.63) is 22.8 Å². The molecule has 0 aromatic carbocycles. The van der Waals surface area contributed by atoms with Crippen LogP contribution in [0.25, 0.3) is 0 Å². The number of aromatic nitrogens is 2. The molecule has 0 aliphatic heterocycles. The molecule has 0 saturated carbocycles. The first kappa shape index (κ1) is 1.85. The van der Waals surface area contributed by atoms with Gasteiger partial charge in [-0.3, -0.25) is 9.97 Å². The van der Waals surface area contributed by atoms with Crippen LogP contribution in [0.5, 0.6) is 0 Å². The van der Waals surface area contributed by atoms with Crippen molar-refractivity contribution in [2.45, 2.75) is 27.1 Å². The first-order valence-electron chi connectivity index (χ1n) is 8.12. The Balaban J connectivity index is 3.90. The van der Waals surface area contributed by atoms with Crippen LogP contribution in [-0.2, 0) is 6.56 Å². The maximum Gasteiger partial charge on any atom is 0.0873 e. The van der Waals surface area contributed by atoms with E-state index in [0.29, 0.717) is 0 Å². The predicted octanol–water partition coefficient (Wildman–Crippen LogP) is 0.894. The normalized spacial score (nSPS) is 29.7. The third-order valence-corrected chi connectivity index (χ3v) is 1.00. The third-order valence-electron chi connectivity index (χ3n) is 1.00. The summed E-state index contributed by atoms with van der Waals surface area (Å²) in [5.74, 6) is 0. The van der Waals surface area contributed by atoms with Crippen LogP contribution in [0, 0.1) is 20.6 Å². The van der Waals surface area contributed by atoms with Gasteiger partial charge in [-0.1, -0.05) is 0 Å². The molecule has 3 nitrogen and oxygen atoms in total. The van der Waals surface area contributed by atoms with Gasteiger partial charge in [0.15, 0.2) is 0 Å². The van der Waals surface area contributed by atoms with Crippen molar-refractivity contribution in [1.82, 2.24) is 9.97 Å². The average molecular weight is 163 g/mol. The summed E-state index contributed by atoms with van der Waals surface area (Å²) in [4.78, 5) is 6.58. The molecule has 11 heavy (non-hydrogen) atoms. The van der Waals surface area contributed by atoms with Crippen LogP contribution in [0.4, 0.5) is 0 Å². The molecule has 60 valence electrons. The Morgan fingerprint density at radius 3 is 2.45 bits per heavy atom. The molecule has 0 aliphatic rings. The Hall–Kier alpha value is -0.960. The largest absolute Gasteiger partial charge is 0.390 e. The standard InChI is InChI=1S/C8H12N2O/c1-5-6(2)10-8(4-11)7(3)9-5/h11H,4H2,1-3H3/i1D3,2D3,3D3,4D2. The van der Waals surface area contributed by atoms with Gasteiger partial charge in [0.2, 0.25) is 0 Å². The molecule has 0 fully saturated rings. The van der Waals surface area contributed by atoms with E-state index in [9.17, 15) is 5.11 Å². The van der Waals surface area contributed by atoms with Crippen molar-refractivity contribution < 1.29 is 20.2 Å². The van der Waals surface area contributed by atoms with E-state index in [1.54, 1.807) is 0 Å². The van der Waals surface area contributed by atoms with Gasteiger partial charge in [-0.15, -0.1) is 0 Å². The maximum atomic E-state index is 9.37. The number of aliphatic hydroxyl groups is 1. The quantitative estimate of drug-likeness (QED) is 0.669. The van der Waals surface area contributed by atoms with Gasteiger partial charge in [0.25, 0.3) is 0 Å². The molecule has 0 unspecified atom stereocenters. The van der Waals surface area contributed by atoms with Crippen molar-refractivity contribution >= 4 is 0 Å². The molecule has 0 amide bonds. The summed E-state index contributed by atoms with van der Waals surface area (Å²) in [7, 11) is 0. The Morgan fingerprint density at radius 1 is 1.27 bits per heavy atom. The summed E-state index contributed by atoms with van der Waals surface area (Å²) in [5, 5.41) is 9.37. The lowest BCUT2D eigenvalue weighted by Gasteiger charge is -2.04. The molecule has 1 heterocycles. The van der Waals surface area contributed by atoms with E-state index in [1.165, 1.54) is 0 Å². The summed E-state index contributed by atoms with van der Waals surface area (Å²) in [5.41, 5.74) is -4.38. The van der Waals surface area contributed by atoms with Crippen LogP contribution in [0.1, 0.15) is 37.9 Å². The van der Waals surface area contributed by atoms with Crippen LogP contribution < -0.4 is 0 Å². The molecule has 1 N–H and O–H groups in total. The summed E-state index contributed by atoms with van der Waals surface area (Å²) in [6, 6.07) is 0. The molecular formula is C8H12N2O. The second-order valence-electron chi connectivity index (χ2n) is 1.73. The van der Waals surface area contributed by atoms with E-state index in [0.717, 1.165) is 0 Å². The molecule has 0 saturated heterocycles. The van der Waals surface area contributed by atoms with E-state index in [-0.39, 0.29) is 0 Å². The second kappa shape index (κ2) is 2.96. The number of hydrogen-bond donors (Lipinski definition) is 1. The molecule has 0 atom stereocenters. The van der Waals surface area contributed by atoms with Crippen LogP contribution in [-0.4, -0.2) is 15.1 Å².